The van der Waals surface area contributed by atoms with Crippen molar-refractivity contribution in [2.45, 2.75) is 58.4 Å². The Morgan fingerprint density at radius 1 is 1.08 bits per heavy atom. The van der Waals surface area contributed by atoms with Crippen molar-refractivity contribution in [3.8, 4) is 0 Å². The third-order valence-corrected chi connectivity index (χ3v) is 4.81. The number of rotatable bonds is 6. The van der Waals surface area contributed by atoms with Gasteiger partial charge >= 0.3 is 0 Å². The number of aryl methyl sites for hydroxylation is 1. The molecule has 25 heavy (non-hydrogen) atoms. The minimum Gasteiger partial charge on any atom is -0.294 e. The van der Waals surface area contributed by atoms with Gasteiger partial charge in [-0.2, -0.15) is 0 Å². The summed E-state index contributed by atoms with van der Waals surface area (Å²) < 4.78 is 0. The monoisotopic (exact) mass is 333 g/mol. The van der Waals surface area contributed by atoms with Crippen LogP contribution in [-0.2, 0) is 12.8 Å². The van der Waals surface area contributed by atoms with Crippen LogP contribution >= 0.6 is 0 Å². The lowest BCUT2D eigenvalue weighted by Gasteiger charge is -2.29. The van der Waals surface area contributed by atoms with E-state index >= 15 is 0 Å². The van der Waals surface area contributed by atoms with E-state index in [9.17, 15) is 4.79 Å². The van der Waals surface area contributed by atoms with Gasteiger partial charge in [0.25, 0.3) is 0 Å². The van der Waals surface area contributed by atoms with Crippen molar-refractivity contribution < 1.29 is 4.79 Å². The van der Waals surface area contributed by atoms with E-state index in [4.69, 9.17) is 4.99 Å². The molecule has 1 aliphatic rings. The summed E-state index contributed by atoms with van der Waals surface area (Å²) in [6.07, 6.45) is 4.76. The molecule has 0 amide bonds. The average molecular weight is 333 g/mol. The Labute approximate surface area is 151 Å². The van der Waals surface area contributed by atoms with Crippen molar-refractivity contribution in [2.75, 3.05) is 0 Å². The third kappa shape index (κ3) is 4.25. The Morgan fingerprint density at radius 3 is 2.52 bits per heavy atom. The highest BCUT2D eigenvalue weighted by Crippen LogP contribution is 2.28. The van der Waals surface area contributed by atoms with Gasteiger partial charge in [-0.1, -0.05) is 61.9 Å². The van der Waals surface area contributed by atoms with Crippen LogP contribution in [0.5, 0.6) is 0 Å². The number of fused-ring (bicyclic) bond motifs is 1. The maximum absolute atomic E-state index is 12.8. The minimum absolute atomic E-state index is 0.145. The molecule has 2 aromatic rings. The lowest BCUT2D eigenvalue weighted by molar-refractivity contribution is 0.100. The van der Waals surface area contributed by atoms with Gasteiger partial charge < -0.3 is 0 Å². The fraction of sp³-hybridized carbons (Fsp3) is 0.391. The quantitative estimate of drug-likeness (QED) is 0.648. The van der Waals surface area contributed by atoms with Gasteiger partial charge in [-0.25, -0.2) is 0 Å². The molecule has 0 radical (unpaired) electrons. The van der Waals surface area contributed by atoms with Crippen molar-refractivity contribution in [1.29, 1.82) is 0 Å². The number of hydrogen-bond donors (Lipinski definition) is 0. The number of benzene rings is 2. The smallest absolute Gasteiger partial charge is 0.168 e. The van der Waals surface area contributed by atoms with E-state index in [1.54, 1.807) is 0 Å². The lowest BCUT2D eigenvalue weighted by atomic mass is 9.85. The molecule has 130 valence electrons. The van der Waals surface area contributed by atoms with Crippen molar-refractivity contribution in [3.63, 3.8) is 0 Å². The van der Waals surface area contributed by atoms with Crippen molar-refractivity contribution in [3.05, 3.63) is 70.8 Å². The SMILES string of the molecule is CCCCc1ccc(C(=O)CC2=NC(C)(C)Cc3ccccc32)cc1. The number of carbonyl (C=O) groups excluding carboxylic acids is 1. The van der Waals surface area contributed by atoms with Crippen molar-refractivity contribution in [2.24, 2.45) is 4.99 Å². The van der Waals surface area contributed by atoms with Crippen LogP contribution in [0, 0.1) is 0 Å². The average Bonchev–Trinajstić information content (AvgIpc) is 2.59. The van der Waals surface area contributed by atoms with Gasteiger partial charge in [0, 0.05) is 5.56 Å². The number of hydrogen-bond acceptors (Lipinski definition) is 2. The van der Waals surface area contributed by atoms with Crippen molar-refractivity contribution in [1.82, 2.24) is 0 Å². The summed E-state index contributed by atoms with van der Waals surface area (Å²) in [5, 5.41) is 0. The second kappa shape index (κ2) is 7.35. The predicted molar refractivity (Wildman–Crippen MR) is 105 cm³/mol. The molecular weight excluding hydrogens is 306 g/mol. The van der Waals surface area contributed by atoms with Gasteiger partial charge in [0.1, 0.15) is 0 Å². The van der Waals surface area contributed by atoms with Crippen LogP contribution in [0.3, 0.4) is 0 Å². The Bertz CT molecular complexity index is 784. The first-order valence-electron chi connectivity index (χ1n) is 9.27. The van der Waals surface area contributed by atoms with E-state index in [1.807, 2.05) is 18.2 Å². The standard InChI is InChI=1S/C23H27NO/c1-4-5-8-17-11-13-18(14-12-17)22(25)15-21-20-10-7-6-9-19(20)16-23(2,3)24-21/h6-7,9-14H,4-5,8,15-16H2,1-3H3. The molecule has 2 heteroatoms. The summed E-state index contributed by atoms with van der Waals surface area (Å²) in [6, 6.07) is 16.4. The summed E-state index contributed by atoms with van der Waals surface area (Å²) in [6.45, 7) is 6.47. The molecule has 0 N–H and O–H groups in total. The number of unbranched alkanes of at least 4 members (excludes halogenated alkanes) is 1. The molecule has 0 bridgehead atoms. The van der Waals surface area contributed by atoms with Crippen LogP contribution in [0.2, 0.25) is 0 Å². The summed E-state index contributed by atoms with van der Waals surface area (Å²) in [4.78, 5) is 17.7. The highest BCUT2D eigenvalue weighted by Gasteiger charge is 2.27. The molecule has 0 spiro atoms. The fourth-order valence-corrected chi connectivity index (χ4v) is 3.51. The third-order valence-electron chi connectivity index (χ3n) is 4.81. The van der Waals surface area contributed by atoms with Crippen LogP contribution < -0.4 is 0 Å². The van der Waals surface area contributed by atoms with Crippen LogP contribution in [0.25, 0.3) is 0 Å². The van der Waals surface area contributed by atoms with Crippen LogP contribution in [0.4, 0.5) is 0 Å². The number of nitrogens with zero attached hydrogens (tertiary/aromatic N) is 1. The minimum atomic E-state index is -0.145. The molecule has 0 aliphatic carbocycles. The Morgan fingerprint density at radius 2 is 1.80 bits per heavy atom. The summed E-state index contributed by atoms with van der Waals surface area (Å²) in [5.74, 6) is 0.147. The lowest BCUT2D eigenvalue weighted by Crippen LogP contribution is -2.29. The van der Waals surface area contributed by atoms with E-state index in [1.165, 1.54) is 24.0 Å². The van der Waals surface area contributed by atoms with E-state index in [0.29, 0.717) is 6.42 Å². The van der Waals surface area contributed by atoms with Crippen molar-refractivity contribution >= 4 is 11.5 Å². The van der Waals surface area contributed by atoms with E-state index in [0.717, 1.165) is 29.7 Å². The molecule has 0 aromatic heterocycles. The molecule has 2 nitrogen and oxygen atoms in total. The zero-order valence-corrected chi connectivity index (χ0v) is 15.5. The van der Waals surface area contributed by atoms with Gasteiger partial charge in [-0.15, -0.1) is 0 Å². The second-order valence-electron chi connectivity index (χ2n) is 7.61. The molecule has 1 heterocycles. The predicted octanol–water partition coefficient (Wildman–Crippen LogP) is 5.43. The Hall–Kier alpha value is -2.22. The van der Waals surface area contributed by atoms with Gasteiger partial charge in [0.15, 0.2) is 5.78 Å². The molecule has 1 aliphatic heterocycles. The van der Waals surface area contributed by atoms with Gasteiger partial charge in [0.2, 0.25) is 0 Å². The van der Waals surface area contributed by atoms with E-state index < -0.39 is 0 Å². The zero-order valence-electron chi connectivity index (χ0n) is 15.5. The van der Waals surface area contributed by atoms with Crippen LogP contribution in [0.1, 0.15) is 67.1 Å². The highest BCUT2D eigenvalue weighted by molar-refractivity contribution is 6.16. The maximum Gasteiger partial charge on any atom is 0.168 e. The number of Topliss-reactive ketones (excluding diaryl/α,β-unsaturated/α-hetero) is 1. The summed E-state index contributed by atoms with van der Waals surface area (Å²) in [7, 11) is 0. The first-order chi connectivity index (χ1) is 12.0. The number of carbonyl (C=O) groups is 1. The fourth-order valence-electron chi connectivity index (χ4n) is 3.51. The first kappa shape index (κ1) is 17.6. The molecule has 0 unspecified atom stereocenters. The largest absolute Gasteiger partial charge is 0.294 e. The highest BCUT2D eigenvalue weighted by atomic mass is 16.1. The summed E-state index contributed by atoms with van der Waals surface area (Å²) >= 11 is 0. The Balaban J connectivity index is 1.79. The zero-order chi connectivity index (χ0) is 17.9. The van der Waals surface area contributed by atoms with Crippen LogP contribution in [0.15, 0.2) is 53.5 Å². The molecular formula is C23H27NO. The Kier molecular flexibility index (Phi) is 5.17. The number of aliphatic imine (C=N–C) groups is 1. The normalized spacial score (nSPS) is 15.4. The van der Waals surface area contributed by atoms with E-state index in [-0.39, 0.29) is 11.3 Å². The molecule has 0 fully saturated rings. The first-order valence-corrected chi connectivity index (χ1v) is 9.27. The van der Waals surface area contributed by atoms with E-state index in [2.05, 4.69) is 51.1 Å². The number of ketones is 1. The molecule has 0 atom stereocenters. The molecule has 2 aromatic carbocycles. The summed E-state index contributed by atoms with van der Waals surface area (Å²) in [5.41, 5.74) is 5.29. The molecule has 3 rings (SSSR count). The molecule has 0 saturated carbocycles. The maximum atomic E-state index is 12.8. The van der Waals surface area contributed by atoms with Gasteiger partial charge in [-0.05, 0) is 49.8 Å². The van der Waals surface area contributed by atoms with Gasteiger partial charge in [-0.3, -0.25) is 9.79 Å². The van der Waals surface area contributed by atoms with Crippen LogP contribution in [-0.4, -0.2) is 17.0 Å². The second-order valence-corrected chi connectivity index (χ2v) is 7.61. The molecule has 0 saturated heterocycles. The topological polar surface area (TPSA) is 29.4 Å². The van der Waals surface area contributed by atoms with Gasteiger partial charge in [0.05, 0.1) is 17.7 Å².